The molecule has 0 spiro atoms. The van der Waals surface area contributed by atoms with E-state index in [2.05, 4.69) is 19.1 Å². The van der Waals surface area contributed by atoms with Crippen molar-refractivity contribution < 1.29 is 71.5 Å². The fourth-order valence-corrected chi connectivity index (χ4v) is 3.95. The number of alkyl halides is 3. The summed E-state index contributed by atoms with van der Waals surface area (Å²) < 4.78 is 123. The van der Waals surface area contributed by atoms with E-state index >= 15 is 0 Å². The average Bonchev–Trinajstić information content (AvgIpc) is 2.76. The molecule has 0 fully saturated rings. The minimum atomic E-state index is -10.2. The third kappa shape index (κ3) is 7.63. The Bertz CT molecular complexity index is 1160. The monoisotopic (exact) mass is 606 g/mol. The molecule has 0 saturated carbocycles. The third-order valence-electron chi connectivity index (χ3n) is 5.09. The van der Waals surface area contributed by atoms with Gasteiger partial charge >= 0.3 is 22.6 Å². The standard InChI is InChI=1S/C18H18F8N2O10S/c1-3-11-6-14(39(22,23,24,25)26)7-12-4-5-17(18(19,20)21,38-15(11)12)10(2)36-16(29)37-13(8-34-27(30)31)9-35-28(32)33/h4-7,10,13H,3,8-9H2,1-2H3/t10?,17-/m0/s1. The van der Waals surface area contributed by atoms with Crippen LogP contribution in [0, 0.1) is 20.2 Å². The van der Waals surface area contributed by atoms with E-state index in [-0.39, 0.29) is 18.2 Å². The van der Waals surface area contributed by atoms with Gasteiger partial charge in [0.05, 0.1) is 0 Å². The van der Waals surface area contributed by atoms with Crippen molar-refractivity contribution in [2.75, 3.05) is 13.2 Å². The molecule has 1 aromatic rings. The molecule has 0 radical (unpaired) electrons. The second-order valence-corrected chi connectivity index (χ2v) is 10.2. The van der Waals surface area contributed by atoms with Gasteiger partial charge in [0.1, 0.15) is 23.9 Å². The first-order valence-corrected chi connectivity index (χ1v) is 12.2. The number of aryl methyl sites for hydroxylation is 1. The van der Waals surface area contributed by atoms with E-state index < -0.39 is 91.9 Å². The van der Waals surface area contributed by atoms with Gasteiger partial charge in [-0.2, -0.15) is 13.2 Å². The first-order valence-electron chi connectivity index (χ1n) is 10.3. The van der Waals surface area contributed by atoms with Crippen LogP contribution in [0.25, 0.3) is 6.08 Å². The number of fused-ring (bicyclic) bond motifs is 1. The number of hydrogen-bond donors (Lipinski definition) is 0. The molecule has 2 atom stereocenters. The Labute approximate surface area is 212 Å². The summed E-state index contributed by atoms with van der Waals surface area (Å²) in [6.07, 6.45) is -11.6. The zero-order valence-corrected chi connectivity index (χ0v) is 20.3. The molecule has 1 aromatic carbocycles. The smallest absolute Gasteiger partial charge is 0.469 e. The van der Waals surface area contributed by atoms with Crippen molar-refractivity contribution in [1.82, 2.24) is 0 Å². The van der Waals surface area contributed by atoms with Gasteiger partial charge in [-0.3, -0.25) is 0 Å². The van der Waals surface area contributed by atoms with E-state index in [0.717, 1.165) is 0 Å². The maximum Gasteiger partial charge on any atom is 0.509 e. The van der Waals surface area contributed by atoms with Gasteiger partial charge in [-0.05, 0) is 37.1 Å². The summed E-state index contributed by atoms with van der Waals surface area (Å²) in [7, 11) is -10.2. The van der Waals surface area contributed by atoms with Crippen LogP contribution in [-0.4, -0.2) is 53.5 Å². The van der Waals surface area contributed by atoms with Gasteiger partial charge in [0.2, 0.25) is 0 Å². The van der Waals surface area contributed by atoms with Crippen LogP contribution in [0.4, 0.5) is 37.4 Å². The van der Waals surface area contributed by atoms with E-state index in [1.54, 1.807) is 0 Å². The zero-order chi connectivity index (χ0) is 30.1. The van der Waals surface area contributed by atoms with Crippen LogP contribution in [0.2, 0.25) is 0 Å². The minimum Gasteiger partial charge on any atom is -0.469 e. The minimum absolute atomic E-state index is 0.0459. The molecule has 0 aliphatic carbocycles. The summed E-state index contributed by atoms with van der Waals surface area (Å²) in [5, 5.41) is 17.9. The normalized spacial score (nSPS) is 19.6. The summed E-state index contributed by atoms with van der Waals surface area (Å²) in [5.74, 6) is -0.844. The second kappa shape index (κ2) is 9.75. The highest BCUT2D eigenvalue weighted by molar-refractivity contribution is 8.45. The fourth-order valence-electron chi connectivity index (χ4n) is 3.23. The number of rotatable bonds is 11. The molecular weight excluding hydrogens is 588 g/mol. The predicted octanol–water partition coefficient (Wildman–Crippen LogP) is 5.94. The Morgan fingerprint density at radius 1 is 1.05 bits per heavy atom. The quantitative estimate of drug-likeness (QED) is 0.128. The highest BCUT2D eigenvalue weighted by Gasteiger charge is 2.66. The molecule has 1 heterocycles. The average molecular weight is 606 g/mol. The Hall–Kier alpha value is -3.78. The van der Waals surface area contributed by atoms with Gasteiger partial charge in [0, 0.05) is 5.56 Å². The topological polar surface area (TPSA) is 150 Å². The van der Waals surface area contributed by atoms with Crippen molar-refractivity contribution in [3.05, 3.63) is 49.6 Å². The lowest BCUT2D eigenvalue weighted by Crippen LogP contribution is -2.58. The van der Waals surface area contributed by atoms with Crippen LogP contribution in [0.5, 0.6) is 5.75 Å². The number of carbonyl (C=O) groups excluding carboxylic acids is 1. The van der Waals surface area contributed by atoms with E-state index in [1.165, 1.54) is 6.92 Å². The Morgan fingerprint density at radius 2 is 1.59 bits per heavy atom. The molecule has 222 valence electrons. The van der Waals surface area contributed by atoms with Crippen LogP contribution in [0.15, 0.2) is 23.1 Å². The Morgan fingerprint density at radius 3 is 2.03 bits per heavy atom. The van der Waals surface area contributed by atoms with Crippen LogP contribution in [0.1, 0.15) is 25.0 Å². The molecule has 1 aliphatic rings. The lowest BCUT2D eigenvalue weighted by Gasteiger charge is -2.43. The summed E-state index contributed by atoms with van der Waals surface area (Å²) in [5.41, 5.74) is -5.01. The van der Waals surface area contributed by atoms with Crippen molar-refractivity contribution in [3.63, 3.8) is 0 Å². The summed E-state index contributed by atoms with van der Waals surface area (Å²) in [6, 6.07) is -0.127. The Kier molecular flexibility index (Phi) is 7.86. The molecule has 0 amide bonds. The van der Waals surface area contributed by atoms with E-state index in [0.29, 0.717) is 13.0 Å². The lowest BCUT2D eigenvalue weighted by molar-refractivity contribution is -0.768. The number of carbonyl (C=O) groups is 1. The summed E-state index contributed by atoms with van der Waals surface area (Å²) >= 11 is 0. The maximum atomic E-state index is 14.2. The van der Waals surface area contributed by atoms with Crippen molar-refractivity contribution in [2.24, 2.45) is 0 Å². The third-order valence-corrected chi connectivity index (χ3v) is 6.22. The van der Waals surface area contributed by atoms with Crippen molar-refractivity contribution in [3.8, 4) is 5.75 Å². The first kappa shape index (κ1) is 31.4. The molecule has 2 rings (SSSR count). The number of nitrogens with zero attached hydrogens (tertiary/aromatic N) is 2. The molecular formula is C18H18F8N2O10S. The highest BCUT2D eigenvalue weighted by atomic mass is 32.5. The first-order chi connectivity index (χ1) is 17.5. The van der Waals surface area contributed by atoms with Gasteiger partial charge in [-0.1, -0.05) is 32.4 Å². The molecule has 0 saturated heterocycles. The SMILES string of the molecule is CCc1cc(S(F)(F)(F)(F)F)cc2c1O[C@@](C(C)OC(=O)OC(CO[N+](=O)[O-])CO[N+](=O)[O-])(C(F)(F)F)C=C2. The number of ether oxygens (including phenoxy) is 3. The van der Waals surface area contributed by atoms with Crippen LogP contribution < -0.4 is 4.74 Å². The molecule has 12 nitrogen and oxygen atoms in total. The van der Waals surface area contributed by atoms with Crippen LogP contribution in [-0.2, 0) is 25.6 Å². The lowest BCUT2D eigenvalue weighted by atomic mass is 9.91. The second-order valence-electron chi connectivity index (χ2n) is 7.84. The number of benzene rings is 1. The van der Waals surface area contributed by atoms with Gasteiger partial charge in [-0.25, -0.2) is 4.79 Å². The molecule has 1 aliphatic heterocycles. The zero-order valence-electron chi connectivity index (χ0n) is 19.5. The molecule has 1 unspecified atom stereocenters. The molecule has 0 aromatic heterocycles. The van der Waals surface area contributed by atoms with Crippen LogP contribution >= 0.6 is 10.2 Å². The van der Waals surface area contributed by atoms with E-state index in [9.17, 15) is 57.6 Å². The maximum absolute atomic E-state index is 14.2. The fraction of sp³-hybridized carbons (Fsp3) is 0.500. The number of hydrogen-bond acceptors (Lipinski definition) is 10. The van der Waals surface area contributed by atoms with Crippen molar-refractivity contribution >= 4 is 22.5 Å². The van der Waals surface area contributed by atoms with Gasteiger partial charge in [-0.15, -0.1) is 20.2 Å². The van der Waals surface area contributed by atoms with E-state index in [4.69, 9.17) is 4.74 Å². The molecule has 0 N–H and O–H groups in total. The largest absolute Gasteiger partial charge is 0.509 e. The Balaban J connectivity index is 2.40. The van der Waals surface area contributed by atoms with Gasteiger partial charge < -0.3 is 23.9 Å². The number of halogens is 8. The predicted molar refractivity (Wildman–Crippen MR) is 112 cm³/mol. The van der Waals surface area contributed by atoms with Crippen molar-refractivity contribution in [2.45, 2.75) is 49.1 Å². The van der Waals surface area contributed by atoms with Crippen molar-refractivity contribution in [1.29, 1.82) is 0 Å². The van der Waals surface area contributed by atoms with Gasteiger partial charge in [0.15, 0.2) is 12.2 Å². The van der Waals surface area contributed by atoms with Gasteiger partial charge in [0.25, 0.3) is 15.8 Å². The van der Waals surface area contributed by atoms with E-state index in [1.807, 2.05) is 0 Å². The molecule has 39 heavy (non-hydrogen) atoms. The molecule has 21 heteroatoms. The summed E-state index contributed by atoms with van der Waals surface area (Å²) in [6.45, 7) is -0.492. The highest BCUT2D eigenvalue weighted by Crippen LogP contribution is 3.02. The molecule has 0 bridgehead atoms. The summed E-state index contributed by atoms with van der Waals surface area (Å²) in [4.78, 5) is 38.2. The van der Waals surface area contributed by atoms with Crippen LogP contribution in [0.3, 0.4) is 0 Å².